The van der Waals surface area contributed by atoms with Gasteiger partial charge in [-0.2, -0.15) is 0 Å². The minimum atomic E-state index is -1.46. The van der Waals surface area contributed by atoms with Gasteiger partial charge in [-0.25, -0.2) is 0 Å². The molecule has 0 bridgehead atoms. The van der Waals surface area contributed by atoms with Crippen molar-refractivity contribution in [3.05, 3.63) is 0 Å². The molecular weight excluding hydrogens is 592 g/mol. The van der Waals surface area contributed by atoms with Crippen LogP contribution in [-0.4, -0.2) is 172 Å². The Morgan fingerprint density at radius 3 is 1.57 bits per heavy atom. The molecule has 0 aromatic heterocycles. The van der Waals surface area contributed by atoms with E-state index in [9.17, 15) is 35.7 Å². The normalized spacial score (nSPS) is 52.2. The van der Waals surface area contributed by atoms with E-state index in [-0.39, 0.29) is 12.8 Å². The summed E-state index contributed by atoms with van der Waals surface area (Å²) in [6, 6.07) is -4.91. The maximum Gasteiger partial charge on any atom is 0.176 e. The molecule has 0 aromatic carbocycles. The Kier molecular flexibility index (Phi) is 12.7. The zero-order valence-electron chi connectivity index (χ0n) is 24.3. The van der Waals surface area contributed by atoms with Gasteiger partial charge in [0.05, 0.1) is 43.6 Å². The van der Waals surface area contributed by atoms with Gasteiger partial charge in [-0.1, -0.05) is 0 Å². The first kappa shape index (κ1) is 36.1. The SMILES string of the molecule is NC1C[C@@H](N)C(O)[C@@H](O)[C@@H]1O[C@H]1OC(CO)[C@@H](O)[C@H](OCO[C@H]2C(N)[C@H](O[C@@H]3CC(O)[C@@H](N)CC3N)OC(CO)[C@@H]2O)C1N. The molecule has 19 heteroatoms. The summed E-state index contributed by atoms with van der Waals surface area (Å²) in [7, 11) is 0. The van der Waals surface area contributed by atoms with Gasteiger partial charge in [0.25, 0.3) is 0 Å². The van der Waals surface area contributed by atoms with Gasteiger partial charge in [-0.05, 0) is 12.8 Å². The van der Waals surface area contributed by atoms with Crippen LogP contribution in [0.1, 0.15) is 19.3 Å². The van der Waals surface area contributed by atoms with Gasteiger partial charge in [-0.15, -0.1) is 0 Å². The maximum absolute atomic E-state index is 10.8. The van der Waals surface area contributed by atoms with E-state index in [2.05, 4.69) is 0 Å². The molecular formula is C25H50N6O13. The number of ether oxygens (including phenoxy) is 6. The van der Waals surface area contributed by atoms with E-state index in [1.54, 1.807) is 0 Å². The lowest BCUT2D eigenvalue weighted by Gasteiger charge is -2.47. The van der Waals surface area contributed by atoms with Crippen molar-refractivity contribution < 1.29 is 64.2 Å². The highest BCUT2D eigenvalue weighted by molar-refractivity contribution is 5.00. The van der Waals surface area contributed by atoms with Crippen LogP contribution in [0.25, 0.3) is 0 Å². The fourth-order valence-electron chi connectivity index (χ4n) is 6.20. The van der Waals surface area contributed by atoms with Gasteiger partial charge in [0.1, 0.15) is 55.6 Å². The molecule has 0 spiro atoms. The summed E-state index contributed by atoms with van der Waals surface area (Å²) in [4.78, 5) is 0. The largest absolute Gasteiger partial charge is 0.394 e. The lowest BCUT2D eigenvalue weighted by molar-refractivity contribution is -0.317. The molecule has 2 aliphatic heterocycles. The van der Waals surface area contributed by atoms with E-state index in [1.807, 2.05) is 0 Å². The molecule has 2 heterocycles. The van der Waals surface area contributed by atoms with E-state index in [4.69, 9.17) is 62.8 Å². The molecule has 258 valence electrons. The molecule has 2 saturated carbocycles. The minimum absolute atomic E-state index is 0.124. The van der Waals surface area contributed by atoms with Crippen molar-refractivity contribution in [3.8, 4) is 0 Å². The third-order valence-electron chi connectivity index (χ3n) is 9.00. The number of hydrogen-bond donors (Lipinski definition) is 13. The molecule has 4 rings (SSSR count). The van der Waals surface area contributed by atoms with Gasteiger partial charge in [0.2, 0.25) is 0 Å². The van der Waals surface area contributed by atoms with Crippen LogP contribution < -0.4 is 34.4 Å². The zero-order chi connectivity index (χ0) is 32.5. The Balaban J connectivity index is 1.40. The fraction of sp³-hybridized carbons (Fsp3) is 1.00. The lowest BCUT2D eigenvalue weighted by Crippen LogP contribution is -2.68. The average molecular weight is 643 g/mol. The third-order valence-corrected chi connectivity index (χ3v) is 9.00. The number of aliphatic hydroxyl groups is 7. The first-order valence-corrected chi connectivity index (χ1v) is 14.8. The van der Waals surface area contributed by atoms with E-state index < -0.39 is 136 Å². The molecule has 8 unspecified atom stereocenters. The lowest BCUT2D eigenvalue weighted by atomic mass is 9.84. The summed E-state index contributed by atoms with van der Waals surface area (Å²) in [5.41, 5.74) is 36.6. The second kappa shape index (κ2) is 15.4. The van der Waals surface area contributed by atoms with Gasteiger partial charge in [-0.3, -0.25) is 0 Å². The van der Waals surface area contributed by atoms with Crippen molar-refractivity contribution in [3.63, 3.8) is 0 Å². The summed E-state index contributed by atoms with van der Waals surface area (Å²) in [5.74, 6) is 0. The molecule has 0 amide bonds. The molecule has 44 heavy (non-hydrogen) atoms. The monoisotopic (exact) mass is 642 g/mol. The van der Waals surface area contributed by atoms with Crippen molar-refractivity contribution in [2.24, 2.45) is 34.4 Å². The second-order valence-corrected chi connectivity index (χ2v) is 12.2. The highest BCUT2D eigenvalue weighted by atomic mass is 16.7. The standard InChI is InChI=1S/C25H50N6O13/c26-7-1-8(27)12(3-11(7)34)41-24-15(30)22(18(36)13(4-32)42-24)39-6-40-23-16(31)25(43-14(5-33)19(23)37)44-21-10(29)2-9(28)17(35)20(21)38/h7-25,32-38H,1-6,26-31H2/t7-,8?,9+,10?,11?,12+,13?,14?,15?,16?,17?,18-,19+,20+,21+,22-,23+,24+,25+/m0/s1. The Labute approximate surface area is 254 Å². The number of aliphatic hydroxyl groups excluding tert-OH is 7. The molecule has 4 aliphatic rings. The number of nitrogens with two attached hydrogens (primary N) is 6. The van der Waals surface area contributed by atoms with E-state index in [1.165, 1.54) is 0 Å². The molecule has 19 N–H and O–H groups in total. The van der Waals surface area contributed by atoms with Crippen LogP contribution >= 0.6 is 0 Å². The summed E-state index contributed by atoms with van der Waals surface area (Å²) in [6.07, 6.45) is -15.1. The summed E-state index contributed by atoms with van der Waals surface area (Å²) in [6.45, 7) is -1.84. The minimum Gasteiger partial charge on any atom is -0.394 e. The predicted octanol–water partition coefficient (Wildman–Crippen LogP) is -8.12. The topological polar surface area (TPSA) is 353 Å². The van der Waals surface area contributed by atoms with Crippen LogP contribution in [0.5, 0.6) is 0 Å². The average Bonchev–Trinajstić information content (AvgIpc) is 2.98. The van der Waals surface area contributed by atoms with Crippen LogP contribution in [0.15, 0.2) is 0 Å². The van der Waals surface area contributed by atoms with Crippen LogP contribution in [0.3, 0.4) is 0 Å². The van der Waals surface area contributed by atoms with Crippen LogP contribution in [-0.2, 0) is 28.4 Å². The van der Waals surface area contributed by atoms with E-state index in [0.717, 1.165) is 0 Å². The van der Waals surface area contributed by atoms with Gasteiger partial charge >= 0.3 is 0 Å². The first-order valence-electron chi connectivity index (χ1n) is 14.8. The Morgan fingerprint density at radius 2 is 1.05 bits per heavy atom. The number of hydrogen-bond acceptors (Lipinski definition) is 19. The van der Waals surface area contributed by atoms with Crippen molar-refractivity contribution in [2.45, 2.75) is 135 Å². The zero-order valence-corrected chi connectivity index (χ0v) is 24.3. The van der Waals surface area contributed by atoms with E-state index in [0.29, 0.717) is 6.42 Å². The highest BCUT2D eigenvalue weighted by Crippen LogP contribution is 2.30. The van der Waals surface area contributed by atoms with Gasteiger partial charge < -0.3 is 98.6 Å². The molecule has 4 fully saturated rings. The quantitative estimate of drug-likeness (QED) is 0.0983. The molecule has 2 saturated heterocycles. The summed E-state index contributed by atoms with van der Waals surface area (Å²) in [5, 5.41) is 72.1. The first-order chi connectivity index (χ1) is 20.8. The maximum atomic E-state index is 10.8. The van der Waals surface area contributed by atoms with Crippen molar-refractivity contribution in [1.29, 1.82) is 0 Å². The van der Waals surface area contributed by atoms with Crippen molar-refractivity contribution in [2.75, 3.05) is 20.0 Å². The van der Waals surface area contributed by atoms with Gasteiger partial charge in [0.15, 0.2) is 12.6 Å². The predicted molar refractivity (Wildman–Crippen MR) is 148 cm³/mol. The number of rotatable bonds is 10. The summed E-state index contributed by atoms with van der Waals surface area (Å²) < 4.78 is 34.6. The molecule has 19 nitrogen and oxygen atoms in total. The summed E-state index contributed by atoms with van der Waals surface area (Å²) >= 11 is 0. The third kappa shape index (κ3) is 7.68. The van der Waals surface area contributed by atoms with Gasteiger partial charge in [0, 0.05) is 30.6 Å². The second-order valence-electron chi connectivity index (χ2n) is 12.2. The van der Waals surface area contributed by atoms with Crippen LogP contribution in [0.2, 0.25) is 0 Å². The van der Waals surface area contributed by atoms with Crippen molar-refractivity contribution in [1.82, 2.24) is 0 Å². The van der Waals surface area contributed by atoms with Crippen molar-refractivity contribution >= 4 is 0 Å². The molecule has 0 aromatic rings. The fourth-order valence-corrected chi connectivity index (χ4v) is 6.20. The Hall–Kier alpha value is -0.760. The highest BCUT2D eigenvalue weighted by Gasteiger charge is 2.50. The van der Waals surface area contributed by atoms with Crippen LogP contribution in [0.4, 0.5) is 0 Å². The molecule has 2 aliphatic carbocycles. The Bertz CT molecular complexity index is 903. The van der Waals surface area contributed by atoms with E-state index >= 15 is 0 Å². The molecule has 0 radical (unpaired) electrons. The van der Waals surface area contributed by atoms with Crippen LogP contribution in [0, 0.1) is 0 Å². The smallest absolute Gasteiger partial charge is 0.176 e. The Morgan fingerprint density at radius 1 is 0.545 bits per heavy atom. The molecule has 19 atom stereocenters.